The summed E-state index contributed by atoms with van der Waals surface area (Å²) in [5.74, 6) is 4.93. The predicted octanol–water partition coefficient (Wildman–Crippen LogP) is -4.25. The third kappa shape index (κ3) is 2.19. The molecule has 1 rings (SSSR count). The van der Waals surface area contributed by atoms with Crippen molar-refractivity contribution in [3.8, 4) is 0 Å². The summed E-state index contributed by atoms with van der Waals surface area (Å²) in [6, 6.07) is -0.960. The van der Waals surface area contributed by atoms with Crippen LogP contribution in [0.3, 0.4) is 0 Å². The van der Waals surface area contributed by atoms with Gasteiger partial charge in [0.05, 0.1) is 6.61 Å². The third-order valence-electron chi connectivity index (χ3n) is 2.15. The molecule has 5 atom stereocenters. The van der Waals surface area contributed by atoms with E-state index in [0.29, 0.717) is 0 Å². The largest absolute Gasteiger partial charge is 0.394 e. The topological polar surface area (TPSA) is 140 Å². The second-order valence-corrected chi connectivity index (χ2v) is 3.04. The highest BCUT2D eigenvalue weighted by molar-refractivity contribution is 4.91. The first-order chi connectivity index (χ1) is 6.61. The molecule has 0 amide bonds. The number of hydrazine groups is 2. The molecule has 1 aliphatic heterocycles. The van der Waals surface area contributed by atoms with Crippen LogP contribution in [-0.4, -0.2) is 57.7 Å². The minimum Gasteiger partial charge on any atom is -0.394 e. The molecule has 0 aromatic carbocycles. The van der Waals surface area contributed by atoms with Gasteiger partial charge in [0.2, 0.25) is 0 Å². The molecule has 1 saturated heterocycles. The smallest absolute Gasteiger partial charge is 0.174 e. The lowest BCUT2D eigenvalue weighted by Crippen LogP contribution is -2.66. The molecule has 1 heterocycles. The van der Waals surface area contributed by atoms with Gasteiger partial charge in [-0.3, -0.25) is 5.84 Å². The molecule has 0 radical (unpaired) electrons. The standard InChI is InChI=1S/C6H15N3O5/c7-9-8-3-5(12)4(11)2(1-10)14-6(3)13/h2-6,8-13H,1,7H2/t2-,3+,4-,5-,6?/m1/s1. The summed E-state index contributed by atoms with van der Waals surface area (Å²) >= 11 is 0. The lowest BCUT2D eigenvalue weighted by Gasteiger charge is -2.40. The summed E-state index contributed by atoms with van der Waals surface area (Å²) < 4.78 is 4.82. The van der Waals surface area contributed by atoms with Crippen LogP contribution in [0.1, 0.15) is 0 Å². The van der Waals surface area contributed by atoms with Crippen LogP contribution in [0.25, 0.3) is 0 Å². The van der Waals surface area contributed by atoms with Gasteiger partial charge in [-0.2, -0.15) is 5.53 Å². The van der Waals surface area contributed by atoms with Crippen LogP contribution < -0.4 is 16.8 Å². The quantitative estimate of drug-likeness (QED) is 0.183. The van der Waals surface area contributed by atoms with Gasteiger partial charge in [-0.05, 0) is 0 Å². The molecule has 8 nitrogen and oxygen atoms in total. The number of hydrogen-bond donors (Lipinski definition) is 7. The van der Waals surface area contributed by atoms with Gasteiger partial charge in [-0.1, -0.05) is 0 Å². The lowest BCUT2D eigenvalue weighted by atomic mass is 9.98. The Labute approximate surface area is 80.2 Å². The first-order valence-corrected chi connectivity index (χ1v) is 4.13. The van der Waals surface area contributed by atoms with Crippen molar-refractivity contribution >= 4 is 0 Å². The molecular formula is C6H15N3O5. The first-order valence-electron chi connectivity index (χ1n) is 4.13. The molecular weight excluding hydrogens is 194 g/mol. The van der Waals surface area contributed by atoms with E-state index in [1.807, 2.05) is 5.53 Å². The van der Waals surface area contributed by atoms with Gasteiger partial charge in [-0.25, -0.2) is 5.43 Å². The summed E-state index contributed by atoms with van der Waals surface area (Å²) in [7, 11) is 0. The molecule has 0 bridgehead atoms. The number of ether oxygens (including phenoxy) is 1. The van der Waals surface area contributed by atoms with E-state index in [9.17, 15) is 15.3 Å². The Bertz CT molecular complexity index is 183. The number of rotatable bonds is 3. The highest BCUT2D eigenvalue weighted by Crippen LogP contribution is 2.18. The molecule has 1 aliphatic rings. The zero-order valence-electron chi connectivity index (χ0n) is 7.37. The van der Waals surface area contributed by atoms with Crippen molar-refractivity contribution in [2.24, 2.45) is 5.84 Å². The summed E-state index contributed by atoms with van der Waals surface area (Å²) in [6.45, 7) is -0.488. The van der Waals surface area contributed by atoms with Gasteiger partial charge in [-0.15, -0.1) is 0 Å². The highest BCUT2D eigenvalue weighted by Gasteiger charge is 2.43. The molecule has 84 valence electrons. The molecule has 0 aromatic rings. The molecule has 0 spiro atoms. The van der Waals surface area contributed by atoms with Crippen molar-refractivity contribution in [2.75, 3.05) is 6.61 Å². The van der Waals surface area contributed by atoms with E-state index in [0.717, 1.165) is 0 Å². The van der Waals surface area contributed by atoms with Gasteiger partial charge in [0, 0.05) is 0 Å². The van der Waals surface area contributed by atoms with Crippen LogP contribution in [-0.2, 0) is 4.74 Å². The van der Waals surface area contributed by atoms with Crippen LogP contribution >= 0.6 is 0 Å². The molecule has 8 heteroatoms. The monoisotopic (exact) mass is 209 g/mol. The van der Waals surface area contributed by atoms with Crippen molar-refractivity contribution in [1.82, 2.24) is 11.0 Å². The van der Waals surface area contributed by atoms with E-state index in [1.54, 1.807) is 0 Å². The maximum absolute atomic E-state index is 9.48. The normalized spacial score (nSPS) is 43.9. The first kappa shape index (κ1) is 11.8. The Balaban J connectivity index is 2.63. The number of hydrogen-bond acceptors (Lipinski definition) is 8. The fourth-order valence-electron chi connectivity index (χ4n) is 1.35. The fraction of sp³-hybridized carbons (Fsp3) is 1.00. The summed E-state index contributed by atoms with van der Waals surface area (Å²) in [4.78, 5) is 0. The molecule has 1 unspecified atom stereocenters. The zero-order valence-corrected chi connectivity index (χ0v) is 7.37. The fourth-order valence-corrected chi connectivity index (χ4v) is 1.35. The van der Waals surface area contributed by atoms with Crippen molar-refractivity contribution in [3.05, 3.63) is 0 Å². The Morgan fingerprint density at radius 3 is 2.36 bits per heavy atom. The molecule has 14 heavy (non-hydrogen) atoms. The molecule has 0 aromatic heterocycles. The number of nitrogens with two attached hydrogens (primary N) is 1. The summed E-state index contributed by atoms with van der Waals surface area (Å²) in [5.41, 5.74) is 4.35. The minimum atomic E-state index is -1.36. The second-order valence-electron chi connectivity index (χ2n) is 3.04. The lowest BCUT2D eigenvalue weighted by molar-refractivity contribution is -0.256. The van der Waals surface area contributed by atoms with Gasteiger partial charge in [0.1, 0.15) is 24.4 Å². The third-order valence-corrected chi connectivity index (χ3v) is 2.15. The Hall–Kier alpha value is -0.320. The van der Waals surface area contributed by atoms with Crippen molar-refractivity contribution in [1.29, 1.82) is 0 Å². The molecule has 0 saturated carbocycles. The number of aliphatic hydroxyl groups is 4. The van der Waals surface area contributed by atoms with E-state index in [-0.39, 0.29) is 0 Å². The van der Waals surface area contributed by atoms with Crippen LogP contribution in [0.2, 0.25) is 0 Å². The van der Waals surface area contributed by atoms with E-state index >= 15 is 0 Å². The average Bonchev–Trinajstić information content (AvgIpc) is 2.18. The van der Waals surface area contributed by atoms with Crippen LogP contribution in [0, 0.1) is 0 Å². The summed E-state index contributed by atoms with van der Waals surface area (Å²) in [6.07, 6.45) is -4.93. The predicted molar refractivity (Wildman–Crippen MR) is 44.2 cm³/mol. The van der Waals surface area contributed by atoms with E-state index in [2.05, 4.69) is 5.43 Å². The molecule has 8 N–H and O–H groups in total. The molecule has 0 aliphatic carbocycles. The van der Waals surface area contributed by atoms with Gasteiger partial charge >= 0.3 is 0 Å². The summed E-state index contributed by atoms with van der Waals surface area (Å²) in [5, 5.41) is 37.0. The Morgan fingerprint density at radius 2 is 1.86 bits per heavy atom. The van der Waals surface area contributed by atoms with E-state index in [4.69, 9.17) is 15.7 Å². The molecule has 1 fully saturated rings. The van der Waals surface area contributed by atoms with Crippen molar-refractivity contribution in [3.63, 3.8) is 0 Å². The maximum Gasteiger partial charge on any atom is 0.174 e. The van der Waals surface area contributed by atoms with Crippen LogP contribution in [0.4, 0.5) is 0 Å². The highest BCUT2D eigenvalue weighted by atomic mass is 16.6. The van der Waals surface area contributed by atoms with Gasteiger partial charge in [0.25, 0.3) is 0 Å². The Morgan fingerprint density at radius 1 is 1.21 bits per heavy atom. The zero-order chi connectivity index (χ0) is 10.7. The van der Waals surface area contributed by atoms with E-state index < -0.39 is 37.3 Å². The minimum absolute atomic E-state index is 0.488. The number of aliphatic hydroxyl groups excluding tert-OH is 4. The number of nitrogens with one attached hydrogen (secondary N) is 2. The van der Waals surface area contributed by atoms with E-state index in [1.165, 1.54) is 0 Å². The van der Waals surface area contributed by atoms with Crippen LogP contribution in [0.15, 0.2) is 0 Å². The second kappa shape index (κ2) is 4.96. The maximum atomic E-state index is 9.48. The van der Waals surface area contributed by atoms with Gasteiger partial charge < -0.3 is 25.2 Å². The SMILES string of the molecule is NNN[C@@H]1C(O)O[C@H](CO)[C@@H](O)[C@@H]1O. The van der Waals surface area contributed by atoms with Crippen molar-refractivity contribution < 1.29 is 25.2 Å². The Kier molecular flexibility index (Phi) is 4.16. The van der Waals surface area contributed by atoms with Gasteiger partial charge in [0.15, 0.2) is 6.29 Å². The van der Waals surface area contributed by atoms with Crippen LogP contribution in [0.5, 0.6) is 0 Å². The van der Waals surface area contributed by atoms with Crippen molar-refractivity contribution in [2.45, 2.75) is 30.6 Å². The average molecular weight is 209 g/mol.